The van der Waals surface area contributed by atoms with Gasteiger partial charge in [-0.1, -0.05) is 13.0 Å². The quantitative estimate of drug-likeness (QED) is 0.884. The summed E-state index contributed by atoms with van der Waals surface area (Å²) in [4.78, 5) is 1.59. The van der Waals surface area contributed by atoms with Gasteiger partial charge in [0.05, 0.1) is 10.9 Å². The summed E-state index contributed by atoms with van der Waals surface area (Å²) >= 11 is 1.72. The van der Waals surface area contributed by atoms with Gasteiger partial charge in [-0.3, -0.25) is 0 Å². The molecule has 0 aliphatic heterocycles. The van der Waals surface area contributed by atoms with Crippen LogP contribution in [-0.4, -0.2) is 26.8 Å². The van der Waals surface area contributed by atoms with Crippen molar-refractivity contribution >= 4 is 27.0 Å². The Morgan fingerprint density at radius 1 is 1.19 bits per heavy atom. The summed E-state index contributed by atoms with van der Waals surface area (Å²) in [7, 11) is -0.297. The van der Waals surface area contributed by atoms with Gasteiger partial charge in [0.25, 0.3) is 0 Å². The Bertz CT molecular complexity index is 662. The van der Waals surface area contributed by atoms with E-state index in [9.17, 15) is 8.42 Å². The minimum Gasteiger partial charge on any atom is -0.377 e. The van der Waals surface area contributed by atoms with Crippen molar-refractivity contribution in [1.29, 1.82) is 0 Å². The van der Waals surface area contributed by atoms with E-state index in [0.29, 0.717) is 4.90 Å². The molecule has 6 heteroatoms. The van der Waals surface area contributed by atoms with Crippen molar-refractivity contribution in [2.24, 2.45) is 0 Å². The van der Waals surface area contributed by atoms with Crippen LogP contribution in [0.1, 0.15) is 24.3 Å². The highest BCUT2D eigenvalue weighted by Gasteiger charge is 2.17. The Morgan fingerprint density at radius 2 is 1.86 bits per heavy atom. The van der Waals surface area contributed by atoms with E-state index in [-0.39, 0.29) is 6.04 Å². The molecule has 1 N–H and O–H groups in total. The average Bonchev–Trinajstić information content (AvgIpc) is 2.99. The van der Waals surface area contributed by atoms with Gasteiger partial charge < -0.3 is 5.32 Å². The molecule has 0 bridgehead atoms. The molecule has 1 aromatic heterocycles. The van der Waals surface area contributed by atoms with E-state index in [1.54, 1.807) is 23.5 Å². The van der Waals surface area contributed by atoms with E-state index >= 15 is 0 Å². The molecule has 1 heterocycles. The Balaban J connectivity index is 2.16. The largest absolute Gasteiger partial charge is 0.377 e. The Morgan fingerprint density at radius 3 is 2.33 bits per heavy atom. The number of sulfonamides is 1. The number of benzene rings is 1. The second-order valence-corrected chi connectivity index (χ2v) is 8.06. The molecule has 2 rings (SSSR count). The fourth-order valence-electron chi connectivity index (χ4n) is 2.00. The lowest BCUT2D eigenvalue weighted by Crippen LogP contribution is -2.22. The first kappa shape index (κ1) is 16.0. The molecule has 4 nitrogen and oxygen atoms in total. The molecule has 0 saturated carbocycles. The van der Waals surface area contributed by atoms with Gasteiger partial charge in [-0.15, -0.1) is 11.3 Å². The van der Waals surface area contributed by atoms with E-state index < -0.39 is 10.0 Å². The van der Waals surface area contributed by atoms with Crippen molar-refractivity contribution in [2.75, 3.05) is 19.4 Å². The van der Waals surface area contributed by atoms with Gasteiger partial charge in [-0.2, -0.15) is 0 Å². The number of nitrogens with one attached hydrogen (secondary N) is 1. The number of anilines is 1. The summed E-state index contributed by atoms with van der Waals surface area (Å²) in [5, 5.41) is 5.50. The predicted octanol–water partition coefficient (Wildman–Crippen LogP) is 3.56. The lowest BCUT2D eigenvalue weighted by Gasteiger charge is -2.17. The normalized spacial score (nSPS) is 13.3. The average molecular weight is 324 g/mol. The standard InChI is InChI=1S/C15H20N2O2S2/c1-4-14(15-6-5-11-20-15)16-12-7-9-13(10-8-12)21(18,19)17(2)3/h5-11,14,16H,4H2,1-3H3. The van der Waals surface area contributed by atoms with Crippen molar-refractivity contribution < 1.29 is 8.42 Å². The zero-order chi connectivity index (χ0) is 15.5. The Labute approximate surface area is 130 Å². The number of rotatable bonds is 6. The highest BCUT2D eigenvalue weighted by atomic mass is 32.2. The van der Waals surface area contributed by atoms with Crippen LogP contribution < -0.4 is 5.32 Å². The molecule has 0 aliphatic carbocycles. The topological polar surface area (TPSA) is 49.4 Å². The molecule has 0 spiro atoms. The Hall–Kier alpha value is -1.37. The number of thiophene rings is 1. The molecule has 2 aromatic rings. The summed E-state index contributed by atoms with van der Waals surface area (Å²) in [5.41, 5.74) is 0.924. The van der Waals surface area contributed by atoms with Crippen LogP contribution in [0, 0.1) is 0 Å². The van der Waals surface area contributed by atoms with Gasteiger partial charge in [0.1, 0.15) is 0 Å². The van der Waals surface area contributed by atoms with Gasteiger partial charge >= 0.3 is 0 Å². The first-order valence-electron chi connectivity index (χ1n) is 6.77. The van der Waals surface area contributed by atoms with Gasteiger partial charge in [-0.05, 0) is 42.1 Å². The third kappa shape index (κ3) is 3.64. The lowest BCUT2D eigenvalue weighted by atomic mass is 10.1. The molecule has 21 heavy (non-hydrogen) atoms. The van der Waals surface area contributed by atoms with Gasteiger partial charge in [-0.25, -0.2) is 12.7 Å². The number of hydrogen-bond acceptors (Lipinski definition) is 4. The van der Waals surface area contributed by atoms with Crippen molar-refractivity contribution in [3.8, 4) is 0 Å². The van der Waals surface area contributed by atoms with Gasteiger partial charge in [0.2, 0.25) is 10.0 Å². The zero-order valence-corrected chi connectivity index (χ0v) is 14.0. The van der Waals surface area contributed by atoms with E-state index in [0.717, 1.165) is 12.1 Å². The molecule has 0 amide bonds. The maximum atomic E-state index is 12.0. The fraction of sp³-hybridized carbons (Fsp3) is 0.333. The maximum Gasteiger partial charge on any atom is 0.242 e. The van der Waals surface area contributed by atoms with Crippen molar-refractivity contribution in [3.05, 3.63) is 46.7 Å². The van der Waals surface area contributed by atoms with E-state index in [1.165, 1.54) is 23.3 Å². The predicted molar refractivity (Wildman–Crippen MR) is 88.3 cm³/mol. The molecule has 114 valence electrons. The van der Waals surface area contributed by atoms with Crippen LogP contribution >= 0.6 is 11.3 Å². The highest BCUT2D eigenvalue weighted by Crippen LogP contribution is 2.26. The van der Waals surface area contributed by atoms with Crippen LogP contribution in [0.5, 0.6) is 0 Å². The van der Waals surface area contributed by atoms with E-state index in [4.69, 9.17) is 0 Å². The summed E-state index contributed by atoms with van der Waals surface area (Å²) in [6.07, 6.45) is 0.970. The van der Waals surface area contributed by atoms with Crippen molar-refractivity contribution in [1.82, 2.24) is 4.31 Å². The fourth-order valence-corrected chi connectivity index (χ4v) is 3.76. The third-order valence-corrected chi connectivity index (χ3v) is 6.08. The summed E-state index contributed by atoms with van der Waals surface area (Å²) < 4.78 is 25.2. The summed E-state index contributed by atoms with van der Waals surface area (Å²) in [6.45, 7) is 2.13. The Kier molecular flexibility index (Phi) is 5.03. The molecule has 0 fully saturated rings. The molecule has 1 atom stereocenters. The maximum absolute atomic E-state index is 12.0. The van der Waals surface area contributed by atoms with Crippen LogP contribution in [0.25, 0.3) is 0 Å². The van der Waals surface area contributed by atoms with Crippen LogP contribution in [0.15, 0.2) is 46.7 Å². The number of nitrogens with zero attached hydrogens (tertiary/aromatic N) is 1. The van der Waals surface area contributed by atoms with Crippen LogP contribution in [-0.2, 0) is 10.0 Å². The van der Waals surface area contributed by atoms with Crippen molar-refractivity contribution in [2.45, 2.75) is 24.3 Å². The van der Waals surface area contributed by atoms with E-state index in [2.05, 4.69) is 23.7 Å². The van der Waals surface area contributed by atoms with Crippen LogP contribution in [0.2, 0.25) is 0 Å². The third-order valence-electron chi connectivity index (χ3n) is 3.27. The SMILES string of the molecule is CCC(Nc1ccc(S(=O)(=O)N(C)C)cc1)c1cccs1. The molecule has 1 aromatic carbocycles. The van der Waals surface area contributed by atoms with Crippen molar-refractivity contribution in [3.63, 3.8) is 0 Å². The van der Waals surface area contributed by atoms with Gasteiger partial charge in [0, 0.05) is 24.7 Å². The number of hydrogen-bond donors (Lipinski definition) is 1. The first-order valence-corrected chi connectivity index (χ1v) is 9.09. The van der Waals surface area contributed by atoms with Crippen LogP contribution in [0.3, 0.4) is 0 Å². The lowest BCUT2D eigenvalue weighted by molar-refractivity contribution is 0.521. The summed E-state index contributed by atoms with van der Waals surface area (Å²) in [6, 6.07) is 11.3. The first-order chi connectivity index (χ1) is 9.95. The molecule has 0 saturated heterocycles. The smallest absolute Gasteiger partial charge is 0.242 e. The van der Waals surface area contributed by atoms with Crippen LogP contribution in [0.4, 0.5) is 5.69 Å². The molecule has 0 radical (unpaired) electrons. The van der Waals surface area contributed by atoms with Gasteiger partial charge in [0.15, 0.2) is 0 Å². The molecular formula is C15H20N2O2S2. The second kappa shape index (κ2) is 6.60. The minimum absolute atomic E-state index is 0.251. The molecular weight excluding hydrogens is 304 g/mol. The molecule has 0 aliphatic rings. The van der Waals surface area contributed by atoms with E-state index in [1.807, 2.05) is 18.2 Å². The monoisotopic (exact) mass is 324 g/mol. The highest BCUT2D eigenvalue weighted by molar-refractivity contribution is 7.89. The molecule has 1 unspecified atom stereocenters. The zero-order valence-electron chi connectivity index (χ0n) is 12.4. The second-order valence-electron chi connectivity index (χ2n) is 4.93. The summed E-state index contributed by atoms with van der Waals surface area (Å²) in [5.74, 6) is 0. The minimum atomic E-state index is -3.36.